The predicted molar refractivity (Wildman–Crippen MR) is 63.1 cm³/mol. The third kappa shape index (κ3) is 4.14. The Labute approximate surface area is 104 Å². The third-order valence-corrected chi connectivity index (χ3v) is 2.17. The smallest absolute Gasteiger partial charge is 0.335 e. The highest BCUT2D eigenvalue weighted by atomic mass is 19.1. The van der Waals surface area contributed by atoms with Gasteiger partial charge < -0.3 is 15.2 Å². The Bertz CT molecular complexity index is 448. The Balaban J connectivity index is 2.62. The van der Waals surface area contributed by atoms with Crippen molar-refractivity contribution in [2.75, 3.05) is 18.5 Å². The van der Waals surface area contributed by atoms with Crippen LogP contribution in [0.3, 0.4) is 0 Å². The highest BCUT2D eigenvalue weighted by molar-refractivity contribution is 5.92. The van der Waals surface area contributed by atoms with Gasteiger partial charge in [0.15, 0.2) is 0 Å². The first kappa shape index (κ1) is 14.1. The van der Waals surface area contributed by atoms with Crippen molar-refractivity contribution >= 4 is 17.6 Å². The number of carboxylic acids is 1. The summed E-state index contributed by atoms with van der Waals surface area (Å²) in [7, 11) is 0. The standard InChI is InChI=1S/C12H14FNO4/c1-2-18-6-5-11(15)14-10-4-3-8(12(16)17)7-9(10)13/h3-4,7H,2,5-6H2,1H3,(H,14,15)(H,16,17). The molecule has 0 bridgehead atoms. The van der Waals surface area contributed by atoms with Gasteiger partial charge in [-0.15, -0.1) is 0 Å². The van der Waals surface area contributed by atoms with Gasteiger partial charge in [0.2, 0.25) is 5.91 Å². The molecule has 98 valence electrons. The number of anilines is 1. The van der Waals surface area contributed by atoms with E-state index in [0.29, 0.717) is 6.61 Å². The Kier molecular flexibility index (Phi) is 5.26. The molecule has 0 aliphatic carbocycles. The van der Waals surface area contributed by atoms with Crippen LogP contribution in [0, 0.1) is 5.82 Å². The summed E-state index contributed by atoms with van der Waals surface area (Å²) in [6.45, 7) is 2.58. The molecule has 0 spiro atoms. The molecule has 0 fully saturated rings. The second-order valence-electron chi connectivity index (χ2n) is 3.49. The van der Waals surface area contributed by atoms with Crippen molar-refractivity contribution in [2.45, 2.75) is 13.3 Å². The summed E-state index contributed by atoms with van der Waals surface area (Å²) in [4.78, 5) is 22.0. The molecule has 6 heteroatoms. The number of aromatic carboxylic acids is 1. The lowest BCUT2D eigenvalue weighted by Crippen LogP contribution is -2.15. The summed E-state index contributed by atoms with van der Waals surface area (Å²) in [5.41, 5.74) is -0.207. The van der Waals surface area contributed by atoms with E-state index in [4.69, 9.17) is 9.84 Å². The van der Waals surface area contributed by atoms with Crippen molar-refractivity contribution in [3.63, 3.8) is 0 Å². The topological polar surface area (TPSA) is 75.6 Å². The fourth-order valence-corrected chi connectivity index (χ4v) is 1.27. The molecule has 5 nitrogen and oxygen atoms in total. The number of rotatable bonds is 6. The summed E-state index contributed by atoms with van der Waals surface area (Å²) < 4.78 is 18.4. The lowest BCUT2D eigenvalue weighted by molar-refractivity contribution is -0.117. The van der Waals surface area contributed by atoms with E-state index in [1.54, 1.807) is 0 Å². The van der Waals surface area contributed by atoms with Crippen molar-refractivity contribution in [1.82, 2.24) is 0 Å². The zero-order valence-electron chi connectivity index (χ0n) is 9.90. The van der Waals surface area contributed by atoms with Crippen LogP contribution in [0.4, 0.5) is 10.1 Å². The van der Waals surface area contributed by atoms with E-state index < -0.39 is 11.8 Å². The SMILES string of the molecule is CCOCCC(=O)Nc1ccc(C(=O)O)cc1F. The Morgan fingerprint density at radius 1 is 1.44 bits per heavy atom. The Morgan fingerprint density at radius 3 is 2.72 bits per heavy atom. The van der Waals surface area contributed by atoms with E-state index in [9.17, 15) is 14.0 Å². The summed E-state index contributed by atoms with van der Waals surface area (Å²) in [5.74, 6) is -2.38. The van der Waals surface area contributed by atoms with Gasteiger partial charge in [0.25, 0.3) is 0 Å². The van der Waals surface area contributed by atoms with Crippen LogP contribution in [-0.4, -0.2) is 30.2 Å². The van der Waals surface area contributed by atoms with Gasteiger partial charge in [0.1, 0.15) is 5.82 Å². The number of ether oxygens (including phenoxy) is 1. The van der Waals surface area contributed by atoms with E-state index in [1.807, 2.05) is 6.92 Å². The van der Waals surface area contributed by atoms with Crippen LogP contribution in [0.2, 0.25) is 0 Å². The van der Waals surface area contributed by atoms with Gasteiger partial charge in [-0.3, -0.25) is 4.79 Å². The molecule has 0 unspecified atom stereocenters. The zero-order chi connectivity index (χ0) is 13.5. The summed E-state index contributed by atoms with van der Waals surface area (Å²) in [5, 5.41) is 11.0. The number of hydrogen-bond donors (Lipinski definition) is 2. The number of carbonyl (C=O) groups is 2. The van der Waals surface area contributed by atoms with Crippen molar-refractivity contribution in [1.29, 1.82) is 0 Å². The lowest BCUT2D eigenvalue weighted by Gasteiger charge is -2.07. The molecule has 0 aliphatic heterocycles. The molecule has 0 atom stereocenters. The fraction of sp³-hybridized carbons (Fsp3) is 0.333. The normalized spacial score (nSPS) is 10.1. The molecule has 1 amide bonds. The first-order chi connectivity index (χ1) is 8.54. The average molecular weight is 255 g/mol. The van der Waals surface area contributed by atoms with Gasteiger partial charge in [-0.25, -0.2) is 9.18 Å². The molecule has 0 aromatic heterocycles. The van der Waals surface area contributed by atoms with Gasteiger partial charge in [-0.05, 0) is 25.1 Å². The molecule has 0 saturated heterocycles. The average Bonchev–Trinajstić information content (AvgIpc) is 2.32. The highest BCUT2D eigenvalue weighted by Gasteiger charge is 2.10. The van der Waals surface area contributed by atoms with E-state index in [-0.39, 0.29) is 30.2 Å². The predicted octanol–water partition coefficient (Wildman–Crippen LogP) is 1.89. The maximum absolute atomic E-state index is 13.4. The van der Waals surface area contributed by atoms with E-state index in [2.05, 4.69) is 5.32 Å². The fourth-order valence-electron chi connectivity index (χ4n) is 1.27. The first-order valence-corrected chi connectivity index (χ1v) is 5.45. The molecule has 1 aromatic rings. The van der Waals surface area contributed by atoms with Crippen LogP contribution < -0.4 is 5.32 Å². The van der Waals surface area contributed by atoms with Gasteiger partial charge in [-0.1, -0.05) is 0 Å². The molecule has 18 heavy (non-hydrogen) atoms. The minimum absolute atomic E-state index is 0.0403. The second kappa shape index (κ2) is 6.70. The number of hydrogen-bond acceptors (Lipinski definition) is 3. The third-order valence-electron chi connectivity index (χ3n) is 2.17. The molecular formula is C12H14FNO4. The van der Waals surface area contributed by atoms with Gasteiger partial charge in [-0.2, -0.15) is 0 Å². The number of amides is 1. The van der Waals surface area contributed by atoms with Crippen LogP contribution in [0.25, 0.3) is 0 Å². The Hall–Kier alpha value is -1.95. The summed E-state index contributed by atoms with van der Waals surface area (Å²) >= 11 is 0. The summed E-state index contributed by atoms with van der Waals surface area (Å²) in [6.07, 6.45) is 0.119. The molecule has 0 heterocycles. The van der Waals surface area contributed by atoms with E-state index in [0.717, 1.165) is 6.07 Å². The van der Waals surface area contributed by atoms with Crippen molar-refractivity contribution in [3.8, 4) is 0 Å². The van der Waals surface area contributed by atoms with Crippen LogP contribution in [0.1, 0.15) is 23.7 Å². The van der Waals surface area contributed by atoms with Gasteiger partial charge in [0.05, 0.1) is 24.3 Å². The number of halogens is 1. The number of nitrogens with one attached hydrogen (secondary N) is 1. The van der Waals surface area contributed by atoms with E-state index >= 15 is 0 Å². The van der Waals surface area contributed by atoms with Crippen LogP contribution in [0.15, 0.2) is 18.2 Å². The minimum Gasteiger partial charge on any atom is -0.478 e. The second-order valence-corrected chi connectivity index (χ2v) is 3.49. The molecule has 2 N–H and O–H groups in total. The van der Waals surface area contributed by atoms with Gasteiger partial charge >= 0.3 is 5.97 Å². The highest BCUT2D eigenvalue weighted by Crippen LogP contribution is 2.16. The Morgan fingerprint density at radius 2 is 2.17 bits per heavy atom. The number of benzene rings is 1. The zero-order valence-corrected chi connectivity index (χ0v) is 9.90. The molecule has 1 rings (SSSR count). The van der Waals surface area contributed by atoms with Crippen LogP contribution in [0.5, 0.6) is 0 Å². The van der Waals surface area contributed by atoms with Crippen molar-refractivity contribution in [2.24, 2.45) is 0 Å². The maximum atomic E-state index is 13.4. The van der Waals surface area contributed by atoms with Crippen molar-refractivity contribution < 1.29 is 23.8 Å². The minimum atomic E-state index is -1.22. The number of carbonyl (C=O) groups excluding carboxylic acids is 1. The summed E-state index contributed by atoms with van der Waals surface area (Å²) in [6, 6.07) is 3.31. The molecular weight excluding hydrogens is 241 g/mol. The molecule has 1 aromatic carbocycles. The molecule has 0 saturated carbocycles. The van der Waals surface area contributed by atoms with E-state index in [1.165, 1.54) is 12.1 Å². The largest absolute Gasteiger partial charge is 0.478 e. The van der Waals surface area contributed by atoms with Crippen molar-refractivity contribution in [3.05, 3.63) is 29.6 Å². The van der Waals surface area contributed by atoms with Gasteiger partial charge in [0, 0.05) is 6.61 Å². The lowest BCUT2D eigenvalue weighted by atomic mass is 10.2. The first-order valence-electron chi connectivity index (χ1n) is 5.45. The van der Waals surface area contributed by atoms with Crippen LogP contribution >= 0.6 is 0 Å². The monoisotopic (exact) mass is 255 g/mol. The maximum Gasteiger partial charge on any atom is 0.335 e. The molecule has 0 aliphatic rings. The quantitative estimate of drug-likeness (QED) is 0.761. The molecule has 0 radical (unpaired) electrons. The number of carboxylic acid groups (broad SMARTS) is 1. The van der Waals surface area contributed by atoms with Crippen LogP contribution in [-0.2, 0) is 9.53 Å².